The first-order chi connectivity index (χ1) is 17.7. The number of carbonyl (C=O) groups excluding carboxylic acids is 1. The Balaban J connectivity index is 1.46. The van der Waals surface area contributed by atoms with Gasteiger partial charge in [-0.2, -0.15) is 0 Å². The van der Waals surface area contributed by atoms with Gasteiger partial charge in [-0.15, -0.1) is 0 Å². The molecule has 2 aliphatic heterocycles. The Morgan fingerprint density at radius 1 is 1.16 bits per heavy atom. The lowest BCUT2D eigenvalue weighted by atomic mass is 9.83. The standard InChI is InChI=1S/C27H27ClN2O7/c1-36-25(34)10-19(16-5-6-22(31)20(28)8-16)27-26(35)23(32)9-18(37-27)14-29-11-15-7-17(13-29)21-3-2-4-24(33)30(21)12-15/h2-6,8-9,15,17,19,31,35H,7,10-14H2,1H3/t15-,17+,19?/m1/s1. The van der Waals surface area contributed by atoms with Crippen LogP contribution in [0.4, 0.5) is 0 Å². The average molecular weight is 527 g/mol. The minimum absolute atomic E-state index is 0.0146. The van der Waals surface area contributed by atoms with Gasteiger partial charge in [0.25, 0.3) is 5.56 Å². The molecule has 1 fully saturated rings. The number of esters is 1. The fourth-order valence-electron chi connectivity index (χ4n) is 5.57. The number of phenols is 1. The van der Waals surface area contributed by atoms with Gasteiger partial charge in [0.15, 0.2) is 5.76 Å². The number of likely N-dealkylation sites (tertiary alicyclic amines) is 1. The van der Waals surface area contributed by atoms with Gasteiger partial charge in [-0.25, -0.2) is 0 Å². The second kappa shape index (κ2) is 10.1. The number of aromatic hydroxyl groups is 2. The molecule has 0 aliphatic carbocycles. The molecule has 3 atom stereocenters. The Morgan fingerprint density at radius 2 is 1.97 bits per heavy atom. The molecule has 10 heteroatoms. The highest BCUT2D eigenvalue weighted by molar-refractivity contribution is 6.32. The van der Waals surface area contributed by atoms with Gasteiger partial charge in [-0.3, -0.25) is 19.3 Å². The van der Waals surface area contributed by atoms with Crippen LogP contribution in [-0.4, -0.2) is 45.8 Å². The van der Waals surface area contributed by atoms with Gasteiger partial charge < -0.3 is 23.9 Å². The topological polar surface area (TPSA) is 122 Å². The van der Waals surface area contributed by atoms with Crippen LogP contribution in [-0.2, 0) is 22.6 Å². The molecule has 0 saturated carbocycles. The monoisotopic (exact) mass is 526 g/mol. The van der Waals surface area contributed by atoms with Crippen molar-refractivity contribution >= 4 is 17.6 Å². The summed E-state index contributed by atoms with van der Waals surface area (Å²) in [6.45, 7) is 2.40. The third-order valence-electron chi connectivity index (χ3n) is 7.22. The SMILES string of the molecule is COC(=O)CC(c1ccc(O)c(Cl)c1)c1oc(CN2C[C@H]3C[C@@H](C2)c2cccc(=O)n2C3)cc(=O)c1O. The maximum Gasteiger partial charge on any atom is 0.306 e. The highest BCUT2D eigenvalue weighted by atomic mass is 35.5. The summed E-state index contributed by atoms with van der Waals surface area (Å²) in [7, 11) is 1.25. The van der Waals surface area contributed by atoms with Gasteiger partial charge in [-0.1, -0.05) is 23.7 Å². The van der Waals surface area contributed by atoms with Crippen molar-refractivity contribution in [2.45, 2.75) is 37.8 Å². The minimum atomic E-state index is -0.863. The molecule has 9 nitrogen and oxygen atoms in total. The van der Waals surface area contributed by atoms with Crippen LogP contribution in [0.3, 0.4) is 0 Å². The highest BCUT2D eigenvalue weighted by Crippen LogP contribution is 2.38. The summed E-state index contributed by atoms with van der Waals surface area (Å²) in [5.41, 5.74) is 0.882. The Labute approximate surface area is 217 Å². The van der Waals surface area contributed by atoms with Crippen molar-refractivity contribution < 1.29 is 24.2 Å². The molecule has 4 heterocycles. The summed E-state index contributed by atoms with van der Waals surface area (Å²) in [5.74, 6) is -1.40. The van der Waals surface area contributed by atoms with Crippen LogP contribution < -0.4 is 11.0 Å². The van der Waals surface area contributed by atoms with Crippen molar-refractivity contribution in [1.29, 1.82) is 0 Å². The number of hydrogen-bond donors (Lipinski definition) is 2. The summed E-state index contributed by atoms with van der Waals surface area (Å²) >= 11 is 6.09. The summed E-state index contributed by atoms with van der Waals surface area (Å²) in [6, 6.07) is 11.0. The summed E-state index contributed by atoms with van der Waals surface area (Å²) in [4.78, 5) is 39.5. The summed E-state index contributed by atoms with van der Waals surface area (Å²) in [6.07, 6.45) is 0.782. The number of aromatic nitrogens is 1. The van der Waals surface area contributed by atoms with Crippen molar-refractivity contribution in [2.75, 3.05) is 20.2 Å². The van der Waals surface area contributed by atoms with Gasteiger partial charge in [0, 0.05) is 43.4 Å². The molecule has 2 bridgehead atoms. The smallest absolute Gasteiger partial charge is 0.306 e. The van der Waals surface area contributed by atoms with Crippen molar-refractivity contribution in [2.24, 2.45) is 5.92 Å². The van der Waals surface area contributed by atoms with E-state index in [0.29, 0.717) is 36.9 Å². The molecule has 3 aromatic rings. The normalized spacial score (nSPS) is 19.7. The lowest BCUT2D eigenvalue weighted by molar-refractivity contribution is -0.140. The fraction of sp³-hybridized carbons (Fsp3) is 0.370. The second-order valence-electron chi connectivity index (χ2n) is 9.73. The number of nitrogens with zero attached hydrogens (tertiary/aromatic N) is 2. The number of pyridine rings is 1. The molecule has 5 rings (SSSR count). The van der Waals surface area contributed by atoms with Crippen LogP contribution in [0.25, 0.3) is 0 Å². The second-order valence-corrected chi connectivity index (χ2v) is 10.1. The van der Waals surface area contributed by atoms with E-state index in [9.17, 15) is 24.6 Å². The van der Waals surface area contributed by atoms with E-state index >= 15 is 0 Å². The molecule has 0 radical (unpaired) electrons. The lowest BCUT2D eigenvalue weighted by Crippen LogP contribution is -2.46. The molecule has 37 heavy (non-hydrogen) atoms. The van der Waals surface area contributed by atoms with E-state index in [1.165, 1.54) is 25.3 Å². The number of methoxy groups -OCH3 is 1. The zero-order valence-corrected chi connectivity index (χ0v) is 21.0. The predicted molar refractivity (Wildman–Crippen MR) is 135 cm³/mol. The van der Waals surface area contributed by atoms with Crippen molar-refractivity contribution in [1.82, 2.24) is 9.47 Å². The van der Waals surface area contributed by atoms with E-state index in [1.54, 1.807) is 18.2 Å². The zero-order chi connectivity index (χ0) is 26.3. The number of halogens is 1. The largest absolute Gasteiger partial charge is 0.506 e. The zero-order valence-electron chi connectivity index (χ0n) is 20.2. The maximum atomic E-state index is 12.8. The molecule has 0 amide bonds. The number of piperidine rings is 1. The first-order valence-corrected chi connectivity index (χ1v) is 12.4. The lowest BCUT2D eigenvalue weighted by Gasteiger charge is -2.42. The van der Waals surface area contributed by atoms with Gasteiger partial charge >= 0.3 is 5.97 Å². The van der Waals surface area contributed by atoms with E-state index in [2.05, 4.69) is 4.90 Å². The molecule has 194 valence electrons. The molecule has 0 spiro atoms. The minimum Gasteiger partial charge on any atom is -0.506 e. The van der Waals surface area contributed by atoms with E-state index < -0.39 is 23.1 Å². The third-order valence-corrected chi connectivity index (χ3v) is 7.53. The molecule has 1 aromatic carbocycles. The predicted octanol–water partition coefficient (Wildman–Crippen LogP) is 3.18. The first kappa shape index (κ1) is 25.1. The third kappa shape index (κ3) is 5.01. The number of rotatable bonds is 6. The van der Waals surface area contributed by atoms with Crippen molar-refractivity contribution in [3.63, 3.8) is 0 Å². The number of fused-ring (bicyclic) bond motifs is 4. The van der Waals surface area contributed by atoms with E-state index in [-0.39, 0.29) is 34.4 Å². The number of ether oxygens (including phenoxy) is 1. The fourth-order valence-corrected chi connectivity index (χ4v) is 5.76. The highest BCUT2D eigenvalue weighted by Gasteiger charge is 2.35. The summed E-state index contributed by atoms with van der Waals surface area (Å²) in [5, 5.41) is 20.5. The Morgan fingerprint density at radius 3 is 2.73 bits per heavy atom. The quantitative estimate of drug-likeness (QED) is 0.470. The maximum absolute atomic E-state index is 12.8. The van der Waals surface area contributed by atoms with Crippen LogP contribution in [0, 0.1) is 5.92 Å². The van der Waals surface area contributed by atoms with Gasteiger partial charge in [0.2, 0.25) is 11.2 Å². The van der Waals surface area contributed by atoms with Crippen LogP contribution >= 0.6 is 11.6 Å². The Bertz CT molecular complexity index is 1460. The Hall–Kier alpha value is -3.56. The Kier molecular flexibility index (Phi) is 6.83. The first-order valence-electron chi connectivity index (χ1n) is 12.1. The average Bonchev–Trinajstić information content (AvgIpc) is 2.87. The number of benzene rings is 1. The van der Waals surface area contributed by atoms with E-state index in [4.69, 9.17) is 20.8 Å². The molecule has 2 aromatic heterocycles. The van der Waals surface area contributed by atoms with Crippen LogP contribution in [0.1, 0.15) is 47.5 Å². The molecule has 2 N–H and O–H groups in total. The number of carbonyl (C=O) groups is 1. The molecular weight excluding hydrogens is 500 g/mol. The van der Waals surface area contributed by atoms with E-state index in [0.717, 1.165) is 18.7 Å². The van der Waals surface area contributed by atoms with Crippen LogP contribution in [0.15, 0.2) is 56.5 Å². The van der Waals surface area contributed by atoms with Crippen molar-refractivity contribution in [3.05, 3.63) is 90.8 Å². The number of phenolic OH excluding ortho intramolecular Hbond substituents is 1. The van der Waals surface area contributed by atoms with Gasteiger partial charge in [-0.05, 0) is 36.1 Å². The van der Waals surface area contributed by atoms with E-state index in [1.807, 2.05) is 10.6 Å². The molecule has 1 saturated heterocycles. The van der Waals surface area contributed by atoms with Crippen LogP contribution in [0.2, 0.25) is 5.02 Å². The summed E-state index contributed by atoms with van der Waals surface area (Å²) < 4.78 is 12.8. The van der Waals surface area contributed by atoms with Crippen molar-refractivity contribution in [3.8, 4) is 11.5 Å². The number of hydrogen-bond acceptors (Lipinski definition) is 8. The van der Waals surface area contributed by atoms with Gasteiger partial charge in [0.1, 0.15) is 11.5 Å². The van der Waals surface area contributed by atoms with Crippen LogP contribution in [0.5, 0.6) is 11.5 Å². The van der Waals surface area contributed by atoms with Gasteiger partial charge in [0.05, 0.1) is 31.0 Å². The molecule has 1 unspecified atom stereocenters. The molecular formula is C27H27ClN2O7. The molecule has 2 aliphatic rings.